The predicted octanol–water partition coefficient (Wildman–Crippen LogP) is 2.86. The maximum absolute atomic E-state index is 5.94. The molecule has 86 valence electrons. The van der Waals surface area contributed by atoms with E-state index in [1.807, 2.05) is 11.3 Å². The molecule has 1 aliphatic rings. The normalized spacial score (nSPS) is 22.4. The number of nitrogens with two attached hydrogens (primary N) is 1. The molecule has 15 heavy (non-hydrogen) atoms. The minimum atomic E-state index is 0. The summed E-state index contributed by atoms with van der Waals surface area (Å²) in [4.78, 5) is 3.87. The molecule has 0 bridgehead atoms. The molecule has 1 aromatic rings. The molecule has 1 unspecified atom stereocenters. The number of likely N-dealkylation sites (tertiary alicyclic amines) is 1. The van der Waals surface area contributed by atoms with Crippen molar-refractivity contribution in [2.75, 3.05) is 13.1 Å². The Morgan fingerprint density at radius 2 is 2.40 bits per heavy atom. The van der Waals surface area contributed by atoms with E-state index in [1.54, 1.807) is 0 Å². The molecule has 1 aliphatic heterocycles. The van der Waals surface area contributed by atoms with E-state index in [0.29, 0.717) is 6.04 Å². The highest BCUT2D eigenvalue weighted by molar-refractivity contribution is 9.10. The third-order valence-electron chi connectivity index (χ3n) is 2.54. The van der Waals surface area contributed by atoms with E-state index in [1.165, 1.54) is 28.7 Å². The van der Waals surface area contributed by atoms with Crippen molar-refractivity contribution in [1.29, 1.82) is 0 Å². The van der Waals surface area contributed by atoms with E-state index in [4.69, 9.17) is 5.73 Å². The largest absolute Gasteiger partial charge is 0.327 e. The molecule has 2 rings (SSSR count). The Labute approximate surface area is 109 Å². The van der Waals surface area contributed by atoms with Gasteiger partial charge in [-0.15, -0.1) is 23.7 Å². The van der Waals surface area contributed by atoms with E-state index in [9.17, 15) is 0 Å². The standard InChI is InChI=1S/C10H15BrN2S.ClH/c11-8-4-10(14-7-8)6-13-3-1-2-9(12)5-13;/h4,7,9H,1-3,5-6,12H2;1H. The molecule has 1 atom stereocenters. The summed E-state index contributed by atoms with van der Waals surface area (Å²) in [6.07, 6.45) is 2.43. The number of hydrogen-bond acceptors (Lipinski definition) is 3. The van der Waals surface area contributed by atoms with Gasteiger partial charge in [0.2, 0.25) is 0 Å². The number of hydrogen-bond donors (Lipinski definition) is 1. The van der Waals surface area contributed by atoms with Gasteiger partial charge in [-0.3, -0.25) is 4.90 Å². The summed E-state index contributed by atoms with van der Waals surface area (Å²) in [5, 5.41) is 2.14. The molecular weight excluding hydrogens is 296 g/mol. The highest BCUT2D eigenvalue weighted by Crippen LogP contribution is 2.22. The number of halogens is 2. The van der Waals surface area contributed by atoms with E-state index >= 15 is 0 Å². The van der Waals surface area contributed by atoms with E-state index in [-0.39, 0.29) is 12.4 Å². The second-order valence-electron chi connectivity index (χ2n) is 3.87. The van der Waals surface area contributed by atoms with Crippen LogP contribution in [0, 0.1) is 0 Å². The fourth-order valence-electron chi connectivity index (χ4n) is 1.89. The first kappa shape index (κ1) is 13.5. The lowest BCUT2D eigenvalue weighted by Crippen LogP contribution is -2.42. The molecule has 2 nitrogen and oxygen atoms in total. The van der Waals surface area contributed by atoms with E-state index in [2.05, 4.69) is 32.3 Å². The van der Waals surface area contributed by atoms with Crippen LogP contribution in [0.25, 0.3) is 0 Å². The summed E-state index contributed by atoms with van der Waals surface area (Å²) < 4.78 is 1.19. The molecule has 5 heteroatoms. The Morgan fingerprint density at radius 3 is 3.00 bits per heavy atom. The smallest absolute Gasteiger partial charge is 0.0328 e. The number of piperidine rings is 1. The minimum Gasteiger partial charge on any atom is -0.327 e. The fraction of sp³-hybridized carbons (Fsp3) is 0.600. The van der Waals surface area contributed by atoms with Gasteiger partial charge in [0, 0.05) is 33.9 Å². The van der Waals surface area contributed by atoms with Gasteiger partial charge >= 0.3 is 0 Å². The van der Waals surface area contributed by atoms with E-state index in [0.717, 1.165) is 13.1 Å². The van der Waals surface area contributed by atoms with Crippen molar-refractivity contribution in [3.8, 4) is 0 Å². The van der Waals surface area contributed by atoms with Crippen molar-refractivity contribution in [1.82, 2.24) is 4.90 Å². The summed E-state index contributed by atoms with van der Waals surface area (Å²) >= 11 is 5.29. The highest BCUT2D eigenvalue weighted by atomic mass is 79.9. The van der Waals surface area contributed by atoms with E-state index < -0.39 is 0 Å². The lowest BCUT2D eigenvalue weighted by atomic mass is 10.1. The Balaban J connectivity index is 0.00000112. The van der Waals surface area contributed by atoms with Gasteiger partial charge in [-0.05, 0) is 41.4 Å². The van der Waals surface area contributed by atoms with Crippen molar-refractivity contribution in [3.05, 3.63) is 20.8 Å². The molecule has 1 saturated heterocycles. The van der Waals surface area contributed by atoms with Crippen LogP contribution in [0.2, 0.25) is 0 Å². The summed E-state index contributed by atoms with van der Waals surface area (Å²) in [6, 6.07) is 2.58. The molecule has 0 radical (unpaired) electrons. The summed E-state index contributed by atoms with van der Waals surface area (Å²) in [7, 11) is 0. The predicted molar refractivity (Wildman–Crippen MR) is 71.8 cm³/mol. The maximum Gasteiger partial charge on any atom is 0.0328 e. The zero-order valence-electron chi connectivity index (χ0n) is 8.49. The lowest BCUT2D eigenvalue weighted by molar-refractivity contribution is 0.203. The third kappa shape index (κ3) is 4.04. The molecule has 1 fully saturated rings. The van der Waals surface area contributed by atoms with Crippen LogP contribution < -0.4 is 5.73 Å². The van der Waals surface area contributed by atoms with Crippen LogP contribution in [0.5, 0.6) is 0 Å². The summed E-state index contributed by atoms with van der Waals surface area (Å²) in [5.74, 6) is 0. The zero-order chi connectivity index (χ0) is 9.97. The first-order valence-electron chi connectivity index (χ1n) is 4.95. The Kier molecular flexibility index (Phi) is 5.57. The number of nitrogens with zero attached hydrogens (tertiary/aromatic N) is 1. The molecule has 2 N–H and O–H groups in total. The monoisotopic (exact) mass is 310 g/mol. The Hall–Kier alpha value is 0.390. The Bertz CT molecular complexity index is 305. The number of rotatable bonds is 2. The average Bonchev–Trinajstić information content (AvgIpc) is 2.51. The quantitative estimate of drug-likeness (QED) is 0.910. The molecule has 1 aromatic heterocycles. The topological polar surface area (TPSA) is 29.3 Å². The van der Waals surface area contributed by atoms with Crippen LogP contribution in [-0.2, 0) is 6.54 Å². The molecule has 0 spiro atoms. The van der Waals surface area contributed by atoms with Gasteiger partial charge in [0.05, 0.1) is 0 Å². The van der Waals surface area contributed by atoms with Gasteiger partial charge in [-0.25, -0.2) is 0 Å². The highest BCUT2D eigenvalue weighted by Gasteiger charge is 2.16. The van der Waals surface area contributed by atoms with Crippen LogP contribution in [0.15, 0.2) is 15.9 Å². The van der Waals surface area contributed by atoms with Gasteiger partial charge in [0.15, 0.2) is 0 Å². The van der Waals surface area contributed by atoms with Crippen molar-refractivity contribution >= 4 is 39.7 Å². The SMILES string of the molecule is Cl.NC1CCCN(Cc2cc(Br)cs2)C1. The van der Waals surface area contributed by atoms with Crippen molar-refractivity contribution in [2.24, 2.45) is 5.73 Å². The average molecular weight is 312 g/mol. The van der Waals surface area contributed by atoms with Crippen LogP contribution in [-0.4, -0.2) is 24.0 Å². The minimum absolute atomic E-state index is 0. The van der Waals surface area contributed by atoms with Crippen LogP contribution >= 0.6 is 39.7 Å². The maximum atomic E-state index is 5.94. The molecular formula is C10H16BrClN2S. The van der Waals surface area contributed by atoms with Crippen molar-refractivity contribution < 1.29 is 0 Å². The van der Waals surface area contributed by atoms with Crippen LogP contribution in [0.3, 0.4) is 0 Å². The van der Waals surface area contributed by atoms with Gasteiger partial charge in [0.1, 0.15) is 0 Å². The molecule has 2 heterocycles. The van der Waals surface area contributed by atoms with Crippen LogP contribution in [0.4, 0.5) is 0 Å². The Morgan fingerprint density at radius 1 is 1.60 bits per heavy atom. The fourth-order valence-corrected chi connectivity index (χ4v) is 3.38. The molecule has 0 aromatic carbocycles. The first-order valence-corrected chi connectivity index (χ1v) is 6.62. The second kappa shape index (κ2) is 6.21. The second-order valence-corrected chi connectivity index (χ2v) is 5.78. The van der Waals surface area contributed by atoms with Gasteiger partial charge < -0.3 is 5.73 Å². The molecule has 0 aliphatic carbocycles. The van der Waals surface area contributed by atoms with Gasteiger partial charge in [0.25, 0.3) is 0 Å². The van der Waals surface area contributed by atoms with Crippen molar-refractivity contribution in [3.63, 3.8) is 0 Å². The lowest BCUT2D eigenvalue weighted by Gasteiger charge is -2.30. The van der Waals surface area contributed by atoms with Gasteiger partial charge in [-0.1, -0.05) is 0 Å². The van der Waals surface area contributed by atoms with Crippen molar-refractivity contribution in [2.45, 2.75) is 25.4 Å². The first-order chi connectivity index (χ1) is 6.74. The zero-order valence-corrected chi connectivity index (χ0v) is 11.7. The van der Waals surface area contributed by atoms with Gasteiger partial charge in [-0.2, -0.15) is 0 Å². The summed E-state index contributed by atoms with van der Waals surface area (Å²) in [6.45, 7) is 3.31. The summed E-state index contributed by atoms with van der Waals surface area (Å²) in [5.41, 5.74) is 5.94. The third-order valence-corrected chi connectivity index (χ3v) is 4.23. The molecule has 0 saturated carbocycles. The molecule has 0 amide bonds. The van der Waals surface area contributed by atoms with Crippen LogP contribution in [0.1, 0.15) is 17.7 Å². The number of thiophene rings is 1.